The molecule has 2 aromatic carbocycles. The number of carbonyl (C=O) groups is 1. The molecule has 0 atom stereocenters. The highest BCUT2D eigenvalue weighted by atomic mass is 16.6. The summed E-state index contributed by atoms with van der Waals surface area (Å²) in [5.74, 6) is 1.20. The highest BCUT2D eigenvalue weighted by molar-refractivity contribution is 6.07. The molecule has 0 aliphatic heterocycles. The molecule has 1 heterocycles. The Bertz CT molecular complexity index is 1050. The van der Waals surface area contributed by atoms with Gasteiger partial charge in [-0.2, -0.15) is 0 Å². The van der Waals surface area contributed by atoms with Crippen LogP contribution in [0.15, 0.2) is 60.8 Å². The Morgan fingerprint density at radius 1 is 1.03 bits per heavy atom. The molecule has 0 aliphatic rings. The van der Waals surface area contributed by atoms with Gasteiger partial charge in [-0.15, -0.1) is 0 Å². The Balaban J connectivity index is 1.59. The molecular weight excluding hydrogens is 400 g/mol. The summed E-state index contributed by atoms with van der Waals surface area (Å²) in [6.07, 6.45) is 2.29. The Morgan fingerprint density at radius 2 is 1.74 bits per heavy atom. The minimum absolute atomic E-state index is 0.0916. The highest BCUT2D eigenvalue weighted by Crippen LogP contribution is 2.25. The SMILES string of the molecule is COc1ccc(CCNc2ccc(NC(=O)c3cc(OC)ccc3[N+](=O)[O-])cn2)cc1. The molecule has 1 aromatic heterocycles. The van der Waals surface area contributed by atoms with Gasteiger partial charge >= 0.3 is 0 Å². The summed E-state index contributed by atoms with van der Waals surface area (Å²) in [4.78, 5) is 27.4. The lowest BCUT2D eigenvalue weighted by Gasteiger charge is -2.09. The lowest BCUT2D eigenvalue weighted by Crippen LogP contribution is -2.14. The number of methoxy groups -OCH3 is 2. The summed E-state index contributed by atoms with van der Waals surface area (Å²) in [6, 6.07) is 15.2. The van der Waals surface area contributed by atoms with Crippen LogP contribution >= 0.6 is 0 Å². The number of carbonyl (C=O) groups excluding carboxylic acids is 1. The van der Waals surface area contributed by atoms with Crippen molar-refractivity contribution in [1.29, 1.82) is 0 Å². The number of nitrogens with one attached hydrogen (secondary N) is 2. The van der Waals surface area contributed by atoms with E-state index in [1.165, 1.54) is 31.5 Å². The van der Waals surface area contributed by atoms with Gasteiger partial charge in [-0.3, -0.25) is 14.9 Å². The fourth-order valence-corrected chi connectivity index (χ4v) is 2.88. The van der Waals surface area contributed by atoms with Gasteiger partial charge in [0.15, 0.2) is 0 Å². The van der Waals surface area contributed by atoms with E-state index >= 15 is 0 Å². The molecule has 0 saturated carbocycles. The first kappa shape index (κ1) is 21.6. The predicted molar refractivity (Wildman–Crippen MR) is 117 cm³/mol. The molecule has 1 amide bonds. The number of pyridine rings is 1. The van der Waals surface area contributed by atoms with Gasteiger partial charge in [0.25, 0.3) is 11.6 Å². The average molecular weight is 422 g/mol. The Kier molecular flexibility index (Phi) is 7.00. The molecule has 3 rings (SSSR count). The van der Waals surface area contributed by atoms with Crippen LogP contribution in [0.2, 0.25) is 0 Å². The summed E-state index contributed by atoms with van der Waals surface area (Å²) in [5, 5.41) is 17.1. The van der Waals surface area contributed by atoms with Crippen LogP contribution in [-0.4, -0.2) is 36.6 Å². The molecule has 31 heavy (non-hydrogen) atoms. The number of hydrogen-bond donors (Lipinski definition) is 2. The van der Waals surface area contributed by atoms with Crippen LogP contribution in [0.5, 0.6) is 11.5 Å². The van der Waals surface area contributed by atoms with Gasteiger partial charge in [0.05, 0.1) is 31.0 Å². The smallest absolute Gasteiger partial charge is 0.282 e. The van der Waals surface area contributed by atoms with Crippen molar-refractivity contribution in [3.05, 3.63) is 82.0 Å². The molecule has 0 spiro atoms. The third-order valence-corrected chi connectivity index (χ3v) is 4.55. The maximum Gasteiger partial charge on any atom is 0.282 e. The van der Waals surface area contributed by atoms with E-state index in [-0.39, 0.29) is 11.3 Å². The molecule has 0 aliphatic carbocycles. The molecule has 9 nitrogen and oxygen atoms in total. The first-order chi connectivity index (χ1) is 15.0. The summed E-state index contributed by atoms with van der Waals surface area (Å²) < 4.78 is 10.2. The van der Waals surface area contributed by atoms with E-state index < -0.39 is 10.8 Å². The van der Waals surface area contributed by atoms with Gasteiger partial charge in [0, 0.05) is 12.6 Å². The van der Waals surface area contributed by atoms with Crippen molar-refractivity contribution in [2.45, 2.75) is 6.42 Å². The third kappa shape index (κ3) is 5.69. The number of amides is 1. The molecule has 9 heteroatoms. The molecule has 0 radical (unpaired) electrons. The monoisotopic (exact) mass is 422 g/mol. The van der Waals surface area contributed by atoms with Crippen molar-refractivity contribution >= 4 is 23.1 Å². The largest absolute Gasteiger partial charge is 0.497 e. The number of anilines is 2. The normalized spacial score (nSPS) is 10.3. The quantitative estimate of drug-likeness (QED) is 0.397. The van der Waals surface area contributed by atoms with E-state index in [0.29, 0.717) is 23.8 Å². The second-order valence-electron chi connectivity index (χ2n) is 6.55. The number of aromatic nitrogens is 1. The van der Waals surface area contributed by atoms with E-state index in [9.17, 15) is 14.9 Å². The number of ether oxygens (including phenoxy) is 2. The molecular formula is C22H22N4O5. The van der Waals surface area contributed by atoms with Crippen LogP contribution < -0.4 is 20.1 Å². The zero-order valence-electron chi connectivity index (χ0n) is 17.1. The maximum atomic E-state index is 12.5. The zero-order chi connectivity index (χ0) is 22.2. The molecule has 3 aromatic rings. The van der Waals surface area contributed by atoms with Crippen LogP contribution in [0, 0.1) is 10.1 Å². The number of hydrogen-bond acceptors (Lipinski definition) is 7. The van der Waals surface area contributed by atoms with Crippen molar-refractivity contribution in [3.63, 3.8) is 0 Å². The summed E-state index contributed by atoms with van der Waals surface area (Å²) in [6.45, 7) is 0.682. The Morgan fingerprint density at radius 3 is 2.35 bits per heavy atom. The van der Waals surface area contributed by atoms with Gasteiger partial charge in [-0.05, 0) is 48.4 Å². The zero-order valence-corrected chi connectivity index (χ0v) is 17.1. The minimum Gasteiger partial charge on any atom is -0.497 e. The molecule has 0 fully saturated rings. The maximum absolute atomic E-state index is 12.5. The number of nitro groups is 1. The van der Waals surface area contributed by atoms with E-state index in [1.54, 1.807) is 19.2 Å². The van der Waals surface area contributed by atoms with Gasteiger partial charge in [0.1, 0.15) is 22.9 Å². The lowest BCUT2D eigenvalue weighted by atomic mass is 10.1. The topological polar surface area (TPSA) is 116 Å². The molecule has 2 N–H and O–H groups in total. The van der Waals surface area contributed by atoms with Gasteiger partial charge in [0.2, 0.25) is 0 Å². The summed E-state index contributed by atoms with van der Waals surface area (Å²) >= 11 is 0. The standard InChI is InChI=1S/C22H22N4O5/c1-30-17-6-3-15(4-7-17)11-12-23-21-10-5-16(14-24-21)25-22(27)19-13-18(31-2)8-9-20(19)26(28)29/h3-10,13-14H,11-12H2,1-2H3,(H,23,24)(H,25,27). The number of nitrogens with zero attached hydrogens (tertiary/aromatic N) is 2. The number of nitro benzene ring substituents is 1. The van der Waals surface area contributed by atoms with Crippen LogP contribution in [0.3, 0.4) is 0 Å². The third-order valence-electron chi connectivity index (χ3n) is 4.55. The first-order valence-electron chi connectivity index (χ1n) is 9.47. The van der Waals surface area contributed by atoms with Gasteiger partial charge in [-0.25, -0.2) is 4.98 Å². The second-order valence-corrected chi connectivity index (χ2v) is 6.55. The fraction of sp³-hybridized carbons (Fsp3) is 0.182. The van der Waals surface area contributed by atoms with Crippen LogP contribution in [0.25, 0.3) is 0 Å². The number of benzene rings is 2. The van der Waals surface area contributed by atoms with E-state index in [0.717, 1.165) is 17.7 Å². The Hall–Kier alpha value is -4.14. The van der Waals surface area contributed by atoms with Crippen LogP contribution in [0.4, 0.5) is 17.2 Å². The molecule has 0 bridgehead atoms. The van der Waals surface area contributed by atoms with Crippen molar-refractivity contribution in [2.24, 2.45) is 0 Å². The lowest BCUT2D eigenvalue weighted by molar-refractivity contribution is -0.385. The second kappa shape index (κ2) is 10.1. The Labute approximate surface area is 179 Å². The van der Waals surface area contributed by atoms with Crippen LogP contribution in [-0.2, 0) is 6.42 Å². The number of rotatable bonds is 9. The molecule has 160 valence electrons. The van der Waals surface area contributed by atoms with Crippen molar-refractivity contribution in [3.8, 4) is 11.5 Å². The van der Waals surface area contributed by atoms with Crippen LogP contribution in [0.1, 0.15) is 15.9 Å². The van der Waals surface area contributed by atoms with E-state index in [2.05, 4.69) is 15.6 Å². The predicted octanol–water partition coefficient (Wildman–Crippen LogP) is 3.91. The first-order valence-corrected chi connectivity index (χ1v) is 9.47. The van der Waals surface area contributed by atoms with Crippen molar-refractivity contribution in [1.82, 2.24) is 4.98 Å². The summed E-state index contributed by atoms with van der Waals surface area (Å²) in [7, 11) is 3.05. The average Bonchev–Trinajstić information content (AvgIpc) is 2.80. The van der Waals surface area contributed by atoms with Gasteiger partial charge in [-0.1, -0.05) is 12.1 Å². The van der Waals surface area contributed by atoms with Crippen molar-refractivity contribution < 1.29 is 19.2 Å². The molecule has 0 unspecified atom stereocenters. The van der Waals surface area contributed by atoms with E-state index in [1.807, 2.05) is 24.3 Å². The van der Waals surface area contributed by atoms with E-state index in [4.69, 9.17) is 9.47 Å². The fourth-order valence-electron chi connectivity index (χ4n) is 2.88. The molecule has 0 saturated heterocycles. The highest BCUT2D eigenvalue weighted by Gasteiger charge is 2.21. The van der Waals surface area contributed by atoms with Gasteiger partial charge < -0.3 is 20.1 Å². The van der Waals surface area contributed by atoms with Crippen molar-refractivity contribution in [2.75, 3.05) is 31.4 Å². The minimum atomic E-state index is -0.618. The summed E-state index contributed by atoms with van der Waals surface area (Å²) in [5.41, 5.74) is 1.19.